The van der Waals surface area contributed by atoms with Gasteiger partial charge in [-0.2, -0.15) is 16.7 Å². The van der Waals surface area contributed by atoms with E-state index in [1.807, 2.05) is 11.8 Å². The van der Waals surface area contributed by atoms with E-state index in [4.69, 9.17) is 4.74 Å². The molecule has 5 heteroatoms. The van der Waals surface area contributed by atoms with E-state index < -0.39 is 0 Å². The summed E-state index contributed by atoms with van der Waals surface area (Å²) in [6, 6.07) is 2.31. The maximum atomic E-state index is 5.51. The predicted octanol–water partition coefficient (Wildman–Crippen LogP) is 2.96. The summed E-state index contributed by atoms with van der Waals surface area (Å²) in [6.45, 7) is 2.79. The van der Waals surface area contributed by atoms with Crippen LogP contribution in [-0.2, 0) is 0 Å². The van der Waals surface area contributed by atoms with Gasteiger partial charge in [0.1, 0.15) is 0 Å². The molecule has 0 saturated heterocycles. The molecular weight excluding hydrogens is 246 g/mol. The van der Waals surface area contributed by atoms with Gasteiger partial charge < -0.3 is 10.1 Å². The molecule has 1 aliphatic rings. The summed E-state index contributed by atoms with van der Waals surface area (Å²) in [5.41, 5.74) is 0. The average Bonchev–Trinajstić information content (AvgIpc) is 2.84. The van der Waals surface area contributed by atoms with Gasteiger partial charge in [0.25, 0.3) is 0 Å². The highest BCUT2D eigenvalue weighted by atomic mass is 32.2. The fourth-order valence-corrected chi connectivity index (χ4v) is 2.96. The molecule has 1 fully saturated rings. The third-order valence-electron chi connectivity index (χ3n) is 3.14. The molecule has 18 heavy (non-hydrogen) atoms. The Bertz CT molecular complexity index is 375. The minimum absolute atomic E-state index is 0.504. The van der Waals surface area contributed by atoms with E-state index in [1.54, 1.807) is 12.3 Å². The molecule has 1 saturated carbocycles. The van der Waals surface area contributed by atoms with Gasteiger partial charge in [-0.25, -0.2) is 4.98 Å². The van der Waals surface area contributed by atoms with Crippen molar-refractivity contribution in [2.24, 2.45) is 0 Å². The molecule has 100 valence electrons. The summed E-state index contributed by atoms with van der Waals surface area (Å²) in [7, 11) is 0. The maximum absolute atomic E-state index is 5.51. The van der Waals surface area contributed by atoms with E-state index in [1.165, 1.54) is 19.3 Å². The number of anilines is 1. The molecule has 4 nitrogen and oxygen atoms in total. The van der Waals surface area contributed by atoms with Gasteiger partial charge in [0.15, 0.2) is 0 Å². The van der Waals surface area contributed by atoms with Crippen molar-refractivity contribution >= 4 is 17.7 Å². The first kappa shape index (κ1) is 13.5. The predicted molar refractivity (Wildman–Crippen MR) is 76.4 cm³/mol. The summed E-state index contributed by atoms with van der Waals surface area (Å²) in [5.74, 6) is 1.35. The lowest BCUT2D eigenvalue weighted by atomic mass is 10.2. The second-order valence-corrected chi connectivity index (χ2v) is 5.72. The van der Waals surface area contributed by atoms with Crippen molar-refractivity contribution in [1.82, 2.24) is 9.97 Å². The number of aromatic nitrogens is 2. The molecule has 0 aromatic carbocycles. The van der Waals surface area contributed by atoms with E-state index in [0.717, 1.165) is 11.7 Å². The highest BCUT2D eigenvalue weighted by Gasteiger charge is 2.24. The largest absolute Gasteiger partial charge is 0.478 e. The SMILES string of the molecule is CCCOc1ccnc(NC2CCC(SC)C2)n1. The van der Waals surface area contributed by atoms with Crippen molar-refractivity contribution < 1.29 is 4.74 Å². The topological polar surface area (TPSA) is 47.0 Å². The Morgan fingerprint density at radius 1 is 1.50 bits per heavy atom. The lowest BCUT2D eigenvalue weighted by molar-refractivity contribution is 0.305. The number of nitrogens with one attached hydrogen (secondary N) is 1. The minimum atomic E-state index is 0.504. The smallest absolute Gasteiger partial charge is 0.226 e. The third-order valence-corrected chi connectivity index (χ3v) is 4.23. The van der Waals surface area contributed by atoms with Crippen LogP contribution in [0.25, 0.3) is 0 Å². The second kappa shape index (κ2) is 6.83. The Labute approximate surface area is 113 Å². The molecule has 0 amide bonds. The van der Waals surface area contributed by atoms with Crippen molar-refractivity contribution in [2.45, 2.75) is 43.9 Å². The van der Waals surface area contributed by atoms with E-state index >= 15 is 0 Å². The Morgan fingerprint density at radius 3 is 3.11 bits per heavy atom. The highest BCUT2D eigenvalue weighted by molar-refractivity contribution is 7.99. The molecule has 1 aliphatic carbocycles. The molecule has 0 bridgehead atoms. The Kier molecular flexibility index (Phi) is 5.11. The minimum Gasteiger partial charge on any atom is -0.478 e. The van der Waals surface area contributed by atoms with Crippen LogP contribution in [0.5, 0.6) is 5.88 Å². The molecule has 0 aliphatic heterocycles. The molecule has 0 radical (unpaired) electrons. The Balaban J connectivity index is 1.89. The first-order valence-electron chi connectivity index (χ1n) is 6.57. The van der Waals surface area contributed by atoms with Crippen LogP contribution in [0.15, 0.2) is 12.3 Å². The monoisotopic (exact) mass is 267 g/mol. The molecule has 2 unspecified atom stereocenters. The van der Waals surface area contributed by atoms with Gasteiger partial charge in [-0.1, -0.05) is 6.92 Å². The van der Waals surface area contributed by atoms with Gasteiger partial charge in [0, 0.05) is 23.6 Å². The Morgan fingerprint density at radius 2 is 2.39 bits per heavy atom. The highest BCUT2D eigenvalue weighted by Crippen LogP contribution is 2.29. The van der Waals surface area contributed by atoms with Crippen LogP contribution in [0, 0.1) is 0 Å². The molecule has 2 rings (SSSR count). The van der Waals surface area contributed by atoms with Crippen LogP contribution in [0.4, 0.5) is 5.95 Å². The standard InChI is InChI=1S/C13H21N3OS/c1-3-8-17-12-6-7-14-13(16-12)15-10-4-5-11(9-10)18-2/h6-7,10-11H,3-5,8-9H2,1-2H3,(H,14,15,16). The summed E-state index contributed by atoms with van der Waals surface area (Å²) in [5, 5.41) is 4.19. The fourth-order valence-electron chi connectivity index (χ4n) is 2.17. The van der Waals surface area contributed by atoms with Gasteiger partial charge >= 0.3 is 0 Å². The van der Waals surface area contributed by atoms with Crippen LogP contribution >= 0.6 is 11.8 Å². The van der Waals surface area contributed by atoms with Crippen LogP contribution in [-0.4, -0.2) is 34.1 Å². The number of rotatable bonds is 6. The quantitative estimate of drug-likeness (QED) is 0.858. The zero-order chi connectivity index (χ0) is 12.8. The van der Waals surface area contributed by atoms with Gasteiger partial charge in [-0.05, 0) is 31.9 Å². The third kappa shape index (κ3) is 3.77. The number of hydrogen-bond acceptors (Lipinski definition) is 5. The average molecular weight is 267 g/mol. The van der Waals surface area contributed by atoms with Crippen LogP contribution < -0.4 is 10.1 Å². The lowest BCUT2D eigenvalue weighted by Gasteiger charge is -2.13. The van der Waals surface area contributed by atoms with Crippen LogP contribution in [0.2, 0.25) is 0 Å². The summed E-state index contributed by atoms with van der Waals surface area (Å²) in [4.78, 5) is 8.63. The summed E-state index contributed by atoms with van der Waals surface area (Å²) in [6.07, 6.45) is 8.61. The van der Waals surface area contributed by atoms with Crippen molar-refractivity contribution in [3.63, 3.8) is 0 Å². The zero-order valence-corrected chi connectivity index (χ0v) is 11.9. The summed E-state index contributed by atoms with van der Waals surface area (Å²) < 4.78 is 5.51. The van der Waals surface area contributed by atoms with E-state index in [9.17, 15) is 0 Å². The normalized spacial score (nSPS) is 23.0. The van der Waals surface area contributed by atoms with Crippen LogP contribution in [0.1, 0.15) is 32.6 Å². The summed E-state index contributed by atoms with van der Waals surface area (Å²) >= 11 is 1.96. The first-order chi connectivity index (χ1) is 8.81. The van der Waals surface area contributed by atoms with E-state index in [0.29, 0.717) is 24.5 Å². The van der Waals surface area contributed by atoms with Gasteiger partial charge in [0.2, 0.25) is 11.8 Å². The van der Waals surface area contributed by atoms with Gasteiger partial charge in [0.05, 0.1) is 6.61 Å². The fraction of sp³-hybridized carbons (Fsp3) is 0.692. The van der Waals surface area contributed by atoms with Gasteiger partial charge in [-0.3, -0.25) is 0 Å². The molecular formula is C13H21N3OS. The first-order valence-corrected chi connectivity index (χ1v) is 7.85. The van der Waals surface area contributed by atoms with Crippen molar-refractivity contribution in [1.29, 1.82) is 0 Å². The molecule has 1 heterocycles. The number of hydrogen-bond donors (Lipinski definition) is 1. The van der Waals surface area contributed by atoms with Crippen molar-refractivity contribution in [3.8, 4) is 5.88 Å². The molecule has 1 N–H and O–H groups in total. The lowest BCUT2D eigenvalue weighted by Crippen LogP contribution is -2.18. The molecule has 2 atom stereocenters. The van der Waals surface area contributed by atoms with Crippen molar-refractivity contribution in [3.05, 3.63) is 12.3 Å². The maximum Gasteiger partial charge on any atom is 0.226 e. The molecule has 1 aromatic rings. The molecule has 1 aromatic heterocycles. The number of thioether (sulfide) groups is 1. The number of nitrogens with zero attached hydrogens (tertiary/aromatic N) is 2. The van der Waals surface area contributed by atoms with Crippen molar-refractivity contribution in [2.75, 3.05) is 18.2 Å². The van der Waals surface area contributed by atoms with Crippen LogP contribution in [0.3, 0.4) is 0 Å². The number of ether oxygens (including phenoxy) is 1. The second-order valence-electron chi connectivity index (χ2n) is 4.58. The van der Waals surface area contributed by atoms with E-state index in [2.05, 4.69) is 28.5 Å². The van der Waals surface area contributed by atoms with Gasteiger partial charge in [-0.15, -0.1) is 0 Å². The molecule has 0 spiro atoms. The van der Waals surface area contributed by atoms with E-state index in [-0.39, 0.29) is 0 Å². The zero-order valence-electron chi connectivity index (χ0n) is 11.1. The Hall–Kier alpha value is -0.970.